The molecule has 0 aliphatic heterocycles. The first kappa shape index (κ1) is 18.4. The van der Waals surface area contributed by atoms with Crippen LogP contribution in [0.15, 0.2) is 84.9 Å². The van der Waals surface area contributed by atoms with Gasteiger partial charge in [-0.1, -0.05) is 79.7 Å². The number of benzene rings is 3. The second kappa shape index (κ2) is 8.81. The van der Waals surface area contributed by atoms with Gasteiger partial charge in [0, 0.05) is 5.56 Å². The Morgan fingerprint density at radius 2 is 1.26 bits per heavy atom. The van der Waals surface area contributed by atoms with Crippen molar-refractivity contribution in [3.05, 3.63) is 107 Å². The van der Waals surface area contributed by atoms with E-state index in [2.05, 4.69) is 17.8 Å². The van der Waals surface area contributed by atoms with Gasteiger partial charge in [-0.25, -0.2) is 0 Å². The van der Waals surface area contributed by atoms with Crippen molar-refractivity contribution in [2.45, 2.75) is 19.3 Å². The van der Waals surface area contributed by atoms with Gasteiger partial charge in [0.1, 0.15) is 0 Å². The molecular weight excluding hydrogens is 336 g/mol. The minimum atomic E-state index is -0.504. The Labute approximate surface area is 159 Å². The molecule has 2 amide bonds. The molecule has 0 unspecified atom stereocenters. The smallest absolute Gasteiger partial charge is 0.269 e. The topological polar surface area (TPSA) is 58.2 Å². The Hall–Kier alpha value is -3.40. The first-order chi connectivity index (χ1) is 13.2. The zero-order valence-corrected chi connectivity index (χ0v) is 15.2. The largest absolute Gasteiger partial charge is 0.272 e. The molecular formula is C23H22N2O2. The highest BCUT2D eigenvalue weighted by Crippen LogP contribution is 2.24. The van der Waals surface area contributed by atoms with Crippen LogP contribution in [0, 0.1) is 0 Å². The third kappa shape index (κ3) is 4.61. The van der Waals surface area contributed by atoms with E-state index >= 15 is 0 Å². The molecule has 0 atom stereocenters. The van der Waals surface area contributed by atoms with E-state index in [9.17, 15) is 9.59 Å². The van der Waals surface area contributed by atoms with Gasteiger partial charge in [-0.2, -0.15) is 0 Å². The number of amides is 2. The number of hydrogen-bond acceptors (Lipinski definition) is 2. The molecule has 0 heterocycles. The summed E-state index contributed by atoms with van der Waals surface area (Å²) < 4.78 is 0. The Morgan fingerprint density at radius 3 is 1.74 bits per heavy atom. The van der Waals surface area contributed by atoms with Crippen LogP contribution in [0.4, 0.5) is 0 Å². The number of carbonyl (C=O) groups excluding carboxylic acids is 2. The van der Waals surface area contributed by atoms with Crippen molar-refractivity contribution in [3.8, 4) is 0 Å². The summed E-state index contributed by atoms with van der Waals surface area (Å²) in [6.07, 6.45) is 0.911. The summed E-state index contributed by atoms with van der Waals surface area (Å²) >= 11 is 0. The van der Waals surface area contributed by atoms with Gasteiger partial charge in [0.2, 0.25) is 5.91 Å². The summed E-state index contributed by atoms with van der Waals surface area (Å²) in [5.41, 5.74) is 8.47. The number of nitrogens with one attached hydrogen (secondary N) is 2. The van der Waals surface area contributed by atoms with E-state index in [4.69, 9.17) is 0 Å². The quantitative estimate of drug-likeness (QED) is 0.681. The van der Waals surface area contributed by atoms with Crippen molar-refractivity contribution >= 4 is 11.8 Å². The van der Waals surface area contributed by atoms with Gasteiger partial charge < -0.3 is 0 Å². The van der Waals surface area contributed by atoms with E-state index in [1.165, 1.54) is 0 Å². The fraction of sp³-hybridized carbons (Fsp3) is 0.130. The number of rotatable bonds is 5. The number of carbonyl (C=O) groups is 2. The molecule has 0 saturated carbocycles. The van der Waals surface area contributed by atoms with Crippen molar-refractivity contribution in [1.82, 2.24) is 10.9 Å². The lowest BCUT2D eigenvalue weighted by Gasteiger charge is -2.18. The SMILES string of the molecule is CCc1ccc(C(=O)NNC(=O)C(c2ccccc2)c2ccccc2)cc1. The molecule has 0 aromatic heterocycles. The molecule has 27 heavy (non-hydrogen) atoms. The molecule has 3 aromatic carbocycles. The second-order valence-electron chi connectivity index (χ2n) is 6.25. The molecule has 4 nitrogen and oxygen atoms in total. The number of hydrogen-bond donors (Lipinski definition) is 2. The van der Waals surface area contributed by atoms with Gasteiger partial charge in [0.15, 0.2) is 0 Å². The van der Waals surface area contributed by atoms with Crippen LogP contribution >= 0.6 is 0 Å². The minimum Gasteiger partial charge on any atom is -0.272 e. The zero-order chi connectivity index (χ0) is 19.1. The lowest BCUT2D eigenvalue weighted by Crippen LogP contribution is -2.44. The van der Waals surface area contributed by atoms with Crippen LogP contribution in [0.3, 0.4) is 0 Å². The van der Waals surface area contributed by atoms with Crippen LogP contribution in [0.5, 0.6) is 0 Å². The molecule has 0 spiro atoms. The zero-order valence-electron chi connectivity index (χ0n) is 15.2. The molecule has 2 N–H and O–H groups in total. The van der Waals surface area contributed by atoms with E-state index in [1.807, 2.05) is 72.8 Å². The Bertz CT molecular complexity index is 851. The normalized spacial score (nSPS) is 10.4. The Morgan fingerprint density at radius 1 is 0.741 bits per heavy atom. The average molecular weight is 358 g/mol. The highest BCUT2D eigenvalue weighted by molar-refractivity contribution is 5.96. The maximum atomic E-state index is 12.9. The molecule has 136 valence electrons. The predicted molar refractivity (Wildman–Crippen MR) is 106 cm³/mol. The van der Waals surface area contributed by atoms with Gasteiger partial charge >= 0.3 is 0 Å². The van der Waals surface area contributed by atoms with E-state index < -0.39 is 5.92 Å². The maximum absolute atomic E-state index is 12.9. The summed E-state index contributed by atoms with van der Waals surface area (Å²) in [7, 11) is 0. The number of hydrazine groups is 1. The van der Waals surface area contributed by atoms with E-state index in [0.29, 0.717) is 5.56 Å². The fourth-order valence-electron chi connectivity index (χ4n) is 2.94. The summed E-state index contributed by atoms with van der Waals surface area (Å²) in [5.74, 6) is -1.13. The summed E-state index contributed by atoms with van der Waals surface area (Å²) in [5, 5.41) is 0. The Kier molecular flexibility index (Phi) is 6.00. The van der Waals surface area contributed by atoms with Crippen LogP contribution in [0.1, 0.15) is 39.9 Å². The van der Waals surface area contributed by atoms with Gasteiger partial charge in [-0.15, -0.1) is 0 Å². The molecule has 0 saturated heterocycles. The van der Waals surface area contributed by atoms with Crippen LogP contribution < -0.4 is 10.9 Å². The average Bonchev–Trinajstić information content (AvgIpc) is 2.74. The molecule has 0 bridgehead atoms. The van der Waals surface area contributed by atoms with Crippen LogP contribution in [0.25, 0.3) is 0 Å². The van der Waals surface area contributed by atoms with Gasteiger partial charge in [0.05, 0.1) is 5.92 Å². The molecule has 4 heteroatoms. The molecule has 0 aliphatic carbocycles. The van der Waals surface area contributed by atoms with Crippen LogP contribution in [0.2, 0.25) is 0 Å². The van der Waals surface area contributed by atoms with Crippen LogP contribution in [-0.2, 0) is 11.2 Å². The van der Waals surface area contributed by atoms with Gasteiger partial charge in [0.25, 0.3) is 5.91 Å². The van der Waals surface area contributed by atoms with Crippen molar-refractivity contribution in [2.75, 3.05) is 0 Å². The highest BCUT2D eigenvalue weighted by Gasteiger charge is 2.23. The summed E-state index contributed by atoms with van der Waals surface area (Å²) in [4.78, 5) is 25.2. The van der Waals surface area contributed by atoms with Gasteiger partial charge in [-0.05, 0) is 35.2 Å². The third-order valence-electron chi connectivity index (χ3n) is 4.45. The first-order valence-corrected chi connectivity index (χ1v) is 8.98. The monoisotopic (exact) mass is 358 g/mol. The third-order valence-corrected chi connectivity index (χ3v) is 4.45. The predicted octanol–water partition coefficient (Wildman–Crippen LogP) is 3.84. The van der Waals surface area contributed by atoms with Crippen molar-refractivity contribution < 1.29 is 9.59 Å². The standard InChI is InChI=1S/C23H22N2O2/c1-2-17-13-15-20(16-14-17)22(26)24-25-23(27)21(18-9-5-3-6-10-18)19-11-7-4-8-12-19/h3-16,21H,2H2,1H3,(H,24,26)(H,25,27). The van der Waals surface area contributed by atoms with Crippen molar-refractivity contribution in [2.24, 2.45) is 0 Å². The molecule has 0 fully saturated rings. The summed E-state index contributed by atoms with van der Waals surface area (Å²) in [6, 6.07) is 26.4. The second-order valence-corrected chi connectivity index (χ2v) is 6.25. The lowest BCUT2D eigenvalue weighted by atomic mass is 9.91. The fourth-order valence-corrected chi connectivity index (χ4v) is 2.94. The molecule has 0 aliphatic rings. The summed E-state index contributed by atoms with van der Waals surface area (Å²) in [6.45, 7) is 2.06. The van der Waals surface area contributed by atoms with E-state index in [1.54, 1.807) is 12.1 Å². The molecule has 3 aromatic rings. The Balaban J connectivity index is 1.74. The van der Waals surface area contributed by atoms with E-state index in [-0.39, 0.29) is 11.8 Å². The molecule has 0 radical (unpaired) electrons. The van der Waals surface area contributed by atoms with Crippen molar-refractivity contribution in [3.63, 3.8) is 0 Å². The first-order valence-electron chi connectivity index (χ1n) is 8.98. The number of aryl methyl sites for hydroxylation is 1. The lowest BCUT2D eigenvalue weighted by molar-refractivity contribution is -0.122. The molecule has 3 rings (SSSR count). The van der Waals surface area contributed by atoms with Crippen molar-refractivity contribution in [1.29, 1.82) is 0 Å². The van der Waals surface area contributed by atoms with Gasteiger partial charge in [-0.3, -0.25) is 20.4 Å². The van der Waals surface area contributed by atoms with E-state index in [0.717, 1.165) is 23.1 Å². The van der Waals surface area contributed by atoms with Crippen LogP contribution in [-0.4, -0.2) is 11.8 Å². The highest BCUT2D eigenvalue weighted by atomic mass is 16.2. The maximum Gasteiger partial charge on any atom is 0.269 e. The minimum absolute atomic E-state index is 0.286.